The van der Waals surface area contributed by atoms with Crippen molar-refractivity contribution in [3.63, 3.8) is 0 Å². The largest absolute Gasteiger partial charge is 0.493 e. The van der Waals surface area contributed by atoms with E-state index in [0.29, 0.717) is 0 Å². The van der Waals surface area contributed by atoms with E-state index in [0.717, 1.165) is 82.1 Å². The SMILES string of the molecule is O=C1C(=O)N(C2CCCC2)C(=O)N1CN1CCN(Cc2ccc3c(c2)CCO3)CC1. The van der Waals surface area contributed by atoms with Crippen molar-refractivity contribution in [2.75, 3.05) is 39.5 Å². The summed E-state index contributed by atoms with van der Waals surface area (Å²) in [6, 6.07) is 5.89. The topological polar surface area (TPSA) is 73.4 Å². The Morgan fingerprint density at radius 3 is 2.43 bits per heavy atom. The average molecular weight is 412 g/mol. The lowest BCUT2D eigenvalue weighted by Gasteiger charge is -2.36. The fourth-order valence-electron chi connectivity index (χ4n) is 5.02. The third-order valence-corrected chi connectivity index (χ3v) is 6.74. The molecule has 0 unspecified atom stereocenters. The van der Waals surface area contributed by atoms with Gasteiger partial charge in [-0.1, -0.05) is 25.0 Å². The van der Waals surface area contributed by atoms with Crippen LogP contribution in [0.5, 0.6) is 5.75 Å². The maximum Gasteiger partial charge on any atom is 0.335 e. The Labute approximate surface area is 176 Å². The van der Waals surface area contributed by atoms with E-state index in [-0.39, 0.29) is 12.7 Å². The Morgan fingerprint density at radius 1 is 0.933 bits per heavy atom. The second-order valence-corrected chi connectivity index (χ2v) is 8.71. The molecule has 1 saturated carbocycles. The Bertz CT molecular complexity index is 859. The van der Waals surface area contributed by atoms with Crippen LogP contribution < -0.4 is 4.74 Å². The molecule has 1 aromatic carbocycles. The van der Waals surface area contributed by atoms with Gasteiger partial charge in [-0.25, -0.2) is 9.69 Å². The zero-order chi connectivity index (χ0) is 20.7. The van der Waals surface area contributed by atoms with Crippen molar-refractivity contribution in [2.24, 2.45) is 0 Å². The molecule has 4 amide bonds. The van der Waals surface area contributed by atoms with E-state index in [1.807, 2.05) is 0 Å². The lowest BCUT2D eigenvalue weighted by atomic mass is 10.1. The number of nitrogens with zero attached hydrogens (tertiary/aromatic N) is 4. The molecular weight excluding hydrogens is 384 g/mol. The molecule has 0 atom stereocenters. The molecule has 1 aliphatic carbocycles. The summed E-state index contributed by atoms with van der Waals surface area (Å²) in [6.45, 7) is 5.12. The minimum absolute atomic E-state index is 0.103. The molecule has 3 fully saturated rings. The second-order valence-electron chi connectivity index (χ2n) is 8.71. The van der Waals surface area contributed by atoms with Crippen LogP contribution in [0, 0.1) is 0 Å². The van der Waals surface area contributed by atoms with E-state index in [1.165, 1.54) is 16.0 Å². The van der Waals surface area contributed by atoms with Gasteiger partial charge in [-0.05, 0) is 30.0 Å². The van der Waals surface area contributed by atoms with Gasteiger partial charge in [-0.15, -0.1) is 0 Å². The summed E-state index contributed by atoms with van der Waals surface area (Å²) in [5, 5.41) is 0. The average Bonchev–Trinajstić information content (AvgIpc) is 3.47. The third-order valence-electron chi connectivity index (χ3n) is 6.74. The standard InChI is InChI=1S/C22H28N4O4/c27-20-21(28)26(18-3-1-2-4-18)22(29)25(20)15-24-10-8-23(9-11-24)14-16-5-6-19-17(13-16)7-12-30-19/h5-6,13,18H,1-4,7-12,14-15H2. The van der Waals surface area contributed by atoms with Crippen LogP contribution in [-0.2, 0) is 22.6 Å². The van der Waals surface area contributed by atoms with Gasteiger partial charge < -0.3 is 4.74 Å². The summed E-state index contributed by atoms with van der Waals surface area (Å²) in [4.78, 5) is 44.4. The van der Waals surface area contributed by atoms with Crippen LogP contribution >= 0.6 is 0 Å². The first-order valence-electron chi connectivity index (χ1n) is 11.0. The first-order chi connectivity index (χ1) is 14.6. The number of piperazine rings is 1. The van der Waals surface area contributed by atoms with Gasteiger partial charge in [0.15, 0.2) is 0 Å². The molecule has 2 saturated heterocycles. The Balaban J connectivity index is 1.15. The predicted molar refractivity (Wildman–Crippen MR) is 109 cm³/mol. The number of rotatable bonds is 5. The number of hydrogen-bond acceptors (Lipinski definition) is 6. The molecule has 30 heavy (non-hydrogen) atoms. The summed E-state index contributed by atoms with van der Waals surface area (Å²) in [5.74, 6) is -0.314. The molecule has 8 nitrogen and oxygen atoms in total. The first kappa shape index (κ1) is 19.5. The van der Waals surface area contributed by atoms with Gasteiger partial charge in [0, 0.05) is 45.2 Å². The highest BCUT2D eigenvalue weighted by molar-refractivity contribution is 6.44. The zero-order valence-corrected chi connectivity index (χ0v) is 17.2. The lowest BCUT2D eigenvalue weighted by molar-refractivity contribution is -0.144. The maximum absolute atomic E-state index is 12.7. The van der Waals surface area contributed by atoms with Crippen LogP contribution in [0.1, 0.15) is 36.8 Å². The molecule has 0 aromatic heterocycles. The molecule has 0 bridgehead atoms. The smallest absolute Gasteiger partial charge is 0.335 e. The number of hydrogen-bond donors (Lipinski definition) is 0. The van der Waals surface area contributed by atoms with Gasteiger partial charge in [0.25, 0.3) is 0 Å². The second kappa shape index (κ2) is 8.00. The maximum atomic E-state index is 12.7. The van der Waals surface area contributed by atoms with Crippen molar-refractivity contribution in [2.45, 2.75) is 44.7 Å². The molecule has 5 rings (SSSR count). The number of urea groups is 1. The number of carbonyl (C=O) groups is 3. The number of amides is 4. The highest BCUT2D eigenvalue weighted by atomic mass is 16.5. The van der Waals surface area contributed by atoms with Crippen molar-refractivity contribution >= 4 is 17.8 Å². The molecule has 8 heteroatoms. The predicted octanol–water partition coefficient (Wildman–Crippen LogP) is 1.43. The summed E-state index contributed by atoms with van der Waals surface area (Å²) in [5.41, 5.74) is 2.57. The van der Waals surface area contributed by atoms with Crippen LogP contribution in [-0.4, -0.2) is 82.9 Å². The Hall–Kier alpha value is -2.45. The van der Waals surface area contributed by atoms with Crippen molar-refractivity contribution < 1.29 is 19.1 Å². The molecule has 0 N–H and O–H groups in total. The number of carbonyl (C=O) groups excluding carboxylic acids is 3. The van der Waals surface area contributed by atoms with E-state index in [4.69, 9.17) is 4.74 Å². The van der Waals surface area contributed by atoms with Gasteiger partial charge in [-0.3, -0.25) is 24.3 Å². The van der Waals surface area contributed by atoms with Crippen LogP contribution in [0.15, 0.2) is 18.2 Å². The summed E-state index contributed by atoms with van der Waals surface area (Å²) in [6.07, 6.45) is 4.62. The Kier molecular flexibility index (Phi) is 5.20. The van der Waals surface area contributed by atoms with E-state index < -0.39 is 17.8 Å². The lowest BCUT2D eigenvalue weighted by Crippen LogP contribution is -2.51. The van der Waals surface area contributed by atoms with Crippen molar-refractivity contribution in [3.05, 3.63) is 29.3 Å². The molecule has 4 aliphatic rings. The molecular formula is C22H28N4O4. The van der Waals surface area contributed by atoms with Crippen LogP contribution in [0.25, 0.3) is 0 Å². The van der Waals surface area contributed by atoms with Crippen LogP contribution in [0.2, 0.25) is 0 Å². The number of ether oxygens (including phenoxy) is 1. The minimum Gasteiger partial charge on any atom is -0.493 e. The minimum atomic E-state index is -0.672. The van der Waals surface area contributed by atoms with E-state index in [9.17, 15) is 14.4 Å². The highest BCUT2D eigenvalue weighted by Gasteiger charge is 2.48. The van der Waals surface area contributed by atoms with E-state index in [1.54, 1.807) is 0 Å². The fourth-order valence-corrected chi connectivity index (χ4v) is 5.02. The molecule has 1 aromatic rings. The summed E-state index contributed by atoms with van der Waals surface area (Å²) < 4.78 is 5.58. The fraction of sp³-hybridized carbons (Fsp3) is 0.591. The van der Waals surface area contributed by atoms with Crippen LogP contribution in [0.3, 0.4) is 0 Å². The van der Waals surface area contributed by atoms with Crippen LogP contribution in [0.4, 0.5) is 4.79 Å². The number of fused-ring (bicyclic) bond motifs is 1. The Morgan fingerprint density at radius 2 is 1.67 bits per heavy atom. The molecule has 160 valence electrons. The van der Waals surface area contributed by atoms with Gasteiger partial charge in [0.2, 0.25) is 0 Å². The molecule has 0 spiro atoms. The van der Waals surface area contributed by atoms with Gasteiger partial charge in [0.1, 0.15) is 5.75 Å². The summed E-state index contributed by atoms with van der Waals surface area (Å²) >= 11 is 0. The molecule has 0 radical (unpaired) electrons. The third kappa shape index (κ3) is 3.58. The highest BCUT2D eigenvalue weighted by Crippen LogP contribution is 2.28. The van der Waals surface area contributed by atoms with Crippen molar-refractivity contribution in [1.82, 2.24) is 19.6 Å². The van der Waals surface area contributed by atoms with Gasteiger partial charge in [0.05, 0.1) is 13.3 Å². The summed E-state index contributed by atoms with van der Waals surface area (Å²) in [7, 11) is 0. The number of benzene rings is 1. The zero-order valence-electron chi connectivity index (χ0n) is 17.2. The molecule has 3 heterocycles. The normalized spacial score (nSPS) is 23.5. The van der Waals surface area contributed by atoms with E-state index >= 15 is 0 Å². The monoisotopic (exact) mass is 412 g/mol. The van der Waals surface area contributed by atoms with Crippen molar-refractivity contribution in [1.29, 1.82) is 0 Å². The molecule has 3 aliphatic heterocycles. The number of imide groups is 2. The quantitative estimate of drug-likeness (QED) is 0.538. The first-order valence-corrected chi connectivity index (χ1v) is 11.0. The van der Waals surface area contributed by atoms with Gasteiger partial charge >= 0.3 is 17.8 Å². The van der Waals surface area contributed by atoms with Crippen molar-refractivity contribution in [3.8, 4) is 5.75 Å². The van der Waals surface area contributed by atoms with Gasteiger partial charge in [-0.2, -0.15) is 0 Å². The van der Waals surface area contributed by atoms with E-state index in [2.05, 4.69) is 28.0 Å².